The van der Waals surface area contributed by atoms with Gasteiger partial charge in [-0.15, -0.1) is 0 Å². The van der Waals surface area contributed by atoms with Crippen LogP contribution in [-0.4, -0.2) is 12.5 Å². The van der Waals surface area contributed by atoms with E-state index in [1.165, 1.54) is 12.1 Å². The van der Waals surface area contributed by atoms with E-state index in [1.807, 2.05) is 26.0 Å². The number of hydrogen-bond donors (Lipinski definition) is 1. The first-order valence-corrected chi connectivity index (χ1v) is 7.76. The summed E-state index contributed by atoms with van der Waals surface area (Å²) in [4.78, 5) is 12.1. The number of para-hydroxylation sites is 1. The number of carbonyl (C=O) groups excluding carboxylic acids is 1. The van der Waals surface area contributed by atoms with Gasteiger partial charge in [0.15, 0.2) is 0 Å². The van der Waals surface area contributed by atoms with E-state index in [0.29, 0.717) is 22.3 Å². The number of nitrogens with one attached hydrogen (secondary N) is 1. The van der Waals surface area contributed by atoms with Crippen LogP contribution in [-0.2, 0) is 6.61 Å². The van der Waals surface area contributed by atoms with Crippen molar-refractivity contribution in [3.8, 4) is 5.75 Å². The Kier molecular flexibility index (Phi) is 5.55. The third-order valence-electron chi connectivity index (χ3n) is 3.18. The van der Waals surface area contributed by atoms with Crippen LogP contribution < -0.4 is 10.1 Å². The van der Waals surface area contributed by atoms with Crippen LogP contribution in [0.5, 0.6) is 5.75 Å². The largest absolute Gasteiger partial charge is 0.488 e. The lowest BCUT2D eigenvalue weighted by Gasteiger charge is -2.14. The van der Waals surface area contributed by atoms with Crippen molar-refractivity contribution >= 4 is 21.8 Å². The summed E-state index contributed by atoms with van der Waals surface area (Å²) in [5.41, 5.74) is 2.19. The molecule has 116 valence electrons. The molecule has 1 amide bonds. The van der Waals surface area contributed by atoms with Gasteiger partial charge >= 0.3 is 0 Å². The van der Waals surface area contributed by atoms with Crippen LogP contribution in [0.25, 0.3) is 0 Å². The Balaban J connectivity index is 2.23. The van der Waals surface area contributed by atoms with Crippen LogP contribution in [0.2, 0.25) is 0 Å². The molecule has 0 atom stereocenters. The molecule has 22 heavy (non-hydrogen) atoms. The molecule has 0 fully saturated rings. The lowest BCUT2D eigenvalue weighted by molar-refractivity contribution is 0.0951. The van der Waals surface area contributed by atoms with Gasteiger partial charge in [-0.25, -0.2) is 4.39 Å². The number of ether oxygens (including phenoxy) is 1. The van der Waals surface area contributed by atoms with Gasteiger partial charge in [-0.05, 0) is 37.6 Å². The summed E-state index contributed by atoms with van der Waals surface area (Å²) in [6.07, 6.45) is 0. The lowest BCUT2D eigenvalue weighted by Crippen LogP contribution is -2.23. The van der Waals surface area contributed by atoms with Crippen LogP contribution in [0.15, 0.2) is 40.9 Å². The highest BCUT2D eigenvalue weighted by molar-refractivity contribution is 9.10. The summed E-state index contributed by atoms with van der Waals surface area (Å²) < 4.78 is 19.6. The van der Waals surface area contributed by atoms with Crippen LogP contribution >= 0.6 is 15.9 Å². The molecule has 1 N–H and O–H groups in total. The van der Waals surface area contributed by atoms with Crippen molar-refractivity contribution in [1.82, 2.24) is 5.32 Å². The van der Waals surface area contributed by atoms with Gasteiger partial charge in [0.05, 0.1) is 5.56 Å². The molecule has 2 rings (SSSR count). The molecule has 0 heterocycles. The summed E-state index contributed by atoms with van der Waals surface area (Å²) in [7, 11) is 0. The molecule has 0 unspecified atom stereocenters. The number of benzene rings is 2. The Bertz CT molecular complexity index is 688. The van der Waals surface area contributed by atoms with Crippen molar-refractivity contribution in [2.45, 2.75) is 20.5 Å². The van der Waals surface area contributed by atoms with E-state index < -0.39 is 0 Å². The SMILES string of the molecule is CCNC(=O)c1cccc(C)c1OCc1ccc(F)cc1Br. The maximum atomic E-state index is 13.1. The van der Waals surface area contributed by atoms with Crippen LogP contribution in [0, 0.1) is 12.7 Å². The molecule has 5 heteroatoms. The number of rotatable bonds is 5. The fourth-order valence-corrected chi connectivity index (χ4v) is 2.53. The first-order valence-electron chi connectivity index (χ1n) is 6.97. The van der Waals surface area contributed by atoms with E-state index in [0.717, 1.165) is 11.1 Å². The number of hydrogen-bond acceptors (Lipinski definition) is 2. The van der Waals surface area contributed by atoms with Gasteiger partial charge in [0.25, 0.3) is 5.91 Å². The smallest absolute Gasteiger partial charge is 0.255 e. The molecular formula is C17H17BrFNO2. The van der Waals surface area contributed by atoms with Crippen molar-refractivity contribution in [2.24, 2.45) is 0 Å². The van der Waals surface area contributed by atoms with Gasteiger partial charge in [-0.2, -0.15) is 0 Å². The van der Waals surface area contributed by atoms with Crippen LogP contribution in [0.4, 0.5) is 4.39 Å². The van der Waals surface area contributed by atoms with E-state index in [1.54, 1.807) is 12.1 Å². The Morgan fingerprint density at radius 3 is 2.77 bits per heavy atom. The fourth-order valence-electron chi connectivity index (χ4n) is 2.07. The normalized spacial score (nSPS) is 10.4. The van der Waals surface area contributed by atoms with Gasteiger partial charge in [-0.3, -0.25) is 4.79 Å². The predicted molar refractivity (Wildman–Crippen MR) is 87.6 cm³/mol. The zero-order valence-electron chi connectivity index (χ0n) is 12.5. The first kappa shape index (κ1) is 16.5. The molecule has 0 aromatic heterocycles. The van der Waals surface area contributed by atoms with E-state index in [2.05, 4.69) is 21.2 Å². The van der Waals surface area contributed by atoms with E-state index in [-0.39, 0.29) is 18.3 Å². The zero-order chi connectivity index (χ0) is 16.1. The second-order valence-corrected chi connectivity index (χ2v) is 5.69. The molecule has 2 aromatic rings. The molecule has 2 aromatic carbocycles. The van der Waals surface area contributed by atoms with Crippen molar-refractivity contribution < 1.29 is 13.9 Å². The number of carbonyl (C=O) groups is 1. The van der Waals surface area contributed by atoms with Crippen molar-refractivity contribution in [3.63, 3.8) is 0 Å². The molecule has 0 radical (unpaired) electrons. The minimum Gasteiger partial charge on any atom is -0.488 e. The van der Waals surface area contributed by atoms with Crippen molar-refractivity contribution in [2.75, 3.05) is 6.54 Å². The summed E-state index contributed by atoms with van der Waals surface area (Å²) in [5.74, 6) is 0.0681. The summed E-state index contributed by atoms with van der Waals surface area (Å²) in [6, 6.07) is 9.86. The Labute approximate surface area is 137 Å². The highest BCUT2D eigenvalue weighted by atomic mass is 79.9. The van der Waals surface area contributed by atoms with Gasteiger partial charge in [0, 0.05) is 16.6 Å². The van der Waals surface area contributed by atoms with E-state index >= 15 is 0 Å². The maximum Gasteiger partial charge on any atom is 0.255 e. The topological polar surface area (TPSA) is 38.3 Å². The molecule has 0 spiro atoms. The average Bonchev–Trinajstić information content (AvgIpc) is 2.47. The van der Waals surface area contributed by atoms with E-state index in [9.17, 15) is 9.18 Å². The standard InChI is InChI=1S/C17H17BrFNO2/c1-3-20-17(21)14-6-4-5-11(2)16(14)22-10-12-7-8-13(19)9-15(12)18/h4-9H,3,10H2,1-2H3,(H,20,21). The Morgan fingerprint density at radius 1 is 1.32 bits per heavy atom. The third-order valence-corrected chi connectivity index (χ3v) is 3.92. The zero-order valence-corrected chi connectivity index (χ0v) is 14.0. The van der Waals surface area contributed by atoms with Crippen LogP contribution in [0.3, 0.4) is 0 Å². The Hall–Kier alpha value is -1.88. The molecule has 0 aliphatic heterocycles. The second kappa shape index (κ2) is 7.40. The lowest BCUT2D eigenvalue weighted by atomic mass is 10.1. The van der Waals surface area contributed by atoms with Crippen molar-refractivity contribution in [1.29, 1.82) is 0 Å². The molecule has 0 bridgehead atoms. The molecule has 0 saturated heterocycles. The molecule has 0 saturated carbocycles. The van der Waals surface area contributed by atoms with Gasteiger partial charge in [0.1, 0.15) is 18.2 Å². The molecule has 3 nitrogen and oxygen atoms in total. The monoisotopic (exact) mass is 365 g/mol. The highest BCUT2D eigenvalue weighted by Crippen LogP contribution is 2.26. The highest BCUT2D eigenvalue weighted by Gasteiger charge is 2.14. The molecule has 0 aliphatic carbocycles. The average molecular weight is 366 g/mol. The first-order chi connectivity index (χ1) is 10.5. The molecule has 0 aliphatic rings. The quantitative estimate of drug-likeness (QED) is 0.860. The predicted octanol–water partition coefficient (Wildman–Crippen LogP) is 4.23. The second-order valence-electron chi connectivity index (χ2n) is 4.84. The maximum absolute atomic E-state index is 13.1. The van der Waals surface area contributed by atoms with E-state index in [4.69, 9.17) is 4.74 Å². The fraction of sp³-hybridized carbons (Fsp3) is 0.235. The summed E-state index contributed by atoms with van der Waals surface area (Å²) in [5, 5.41) is 2.77. The number of amides is 1. The molecular weight excluding hydrogens is 349 g/mol. The van der Waals surface area contributed by atoms with Gasteiger partial charge in [0.2, 0.25) is 0 Å². The summed E-state index contributed by atoms with van der Waals surface area (Å²) in [6.45, 7) is 4.55. The summed E-state index contributed by atoms with van der Waals surface area (Å²) >= 11 is 3.31. The van der Waals surface area contributed by atoms with Gasteiger partial charge < -0.3 is 10.1 Å². The minimum absolute atomic E-state index is 0.167. The minimum atomic E-state index is -0.311. The third kappa shape index (κ3) is 3.85. The van der Waals surface area contributed by atoms with Crippen molar-refractivity contribution in [3.05, 3.63) is 63.4 Å². The van der Waals surface area contributed by atoms with Crippen LogP contribution in [0.1, 0.15) is 28.4 Å². The number of aryl methyl sites for hydroxylation is 1. The van der Waals surface area contributed by atoms with Gasteiger partial charge in [-0.1, -0.05) is 34.1 Å². The number of halogens is 2. The Morgan fingerprint density at radius 2 is 2.09 bits per heavy atom.